The number of carboxylic acid groups (broad SMARTS) is 1. The van der Waals surface area contributed by atoms with Crippen molar-refractivity contribution < 1.29 is 14.3 Å². The van der Waals surface area contributed by atoms with Crippen LogP contribution in [0.1, 0.15) is 24.0 Å². The zero-order valence-electron chi connectivity index (χ0n) is 17.6. The Kier molecular flexibility index (Phi) is 6.33. The molecule has 31 heavy (non-hydrogen) atoms. The minimum atomic E-state index is -0.822. The van der Waals surface area contributed by atoms with E-state index in [-0.39, 0.29) is 30.4 Å². The van der Waals surface area contributed by atoms with Crippen molar-refractivity contribution in [2.24, 2.45) is 0 Å². The van der Waals surface area contributed by atoms with Gasteiger partial charge in [-0.25, -0.2) is 4.39 Å². The van der Waals surface area contributed by atoms with E-state index in [1.54, 1.807) is 0 Å². The van der Waals surface area contributed by atoms with Gasteiger partial charge in [0.2, 0.25) is 0 Å². The van der Waals surface area contributed by atoms with Gasteiger partial charge in [0.25, 0.3) is 0 Å². The quantitative estimate of drug-likeness (QED) is 0.634. The molecule has 2 atom stereocenters. The van der Waals surface area contributed by atoms with Crippen LogP contribution in [0.4, 0.5) is 10.1 Å². The van der Waals surface area contributed by atoms with E-state index in [1.165, 1.54) is 23.3 Å². The van der Waals surface area contributed by atoms with Crippen molar-refractivity contribution in [3.8, 4) is 0 Å². The summed E-state index contributed by atoms with van der Waals surface area (Å²) in [6.45, 7) is 3.41. The van der Waals surface area contributed by atoms with Crippen LogP contribution in [0.5, 0.6) is 0 Å². The van der Waals surface area contributed by atoms with Gasteiger partial charge in [-0.1, -0.05) is 60.7 Å². The SMILES string of the molecule is CC1[C@@H](C(c2ccccc2)c2ccccc2)N(c2ccc(F)cc2)CCN1CC(=O)O. The molecule has 4 rings (SSSR count). The molecule has 3 aromatic carbocycles. The van der Waals surface area contributed by atoms with Gasteiger partial charge in [0.05, 0.1) is 12.6 Å². The predicted octanol–water partition coefficient (Wildman–Crippen LogP) is 4.62. The fourth-order valence-corrected chi connectivity index (χ4v) is 4.76. The van der Waals surface area contributed by atoms with Gasteiger partial charge < -0.3 is 10.0 Å². The highest BCUT2D eigenvalue weighted by Gasteiger charge is 2.40. The molecule has 1 aliphatic heterocycles. The number of carboxylic acids is 1. The number of halogens is 1. The first-order chi connectivity index (χ1) is 15.0. The normalized spacial score (nSPS) is 19.5. The predicted molar refractivity (Wildman–Crippen MR) is 121 cm³/mol. The Morgan fingerprint density at radius 3 is 2.00 bits per heavy atom. The van der Waals surface area contributed by atoms with E-state index >= 15 is 0 Å². The lowest BCUT2D eigenvalue weighted by Crippen LogP contribution is -2.61. The zero-order valence-corrected chi connectivity index (χ0v) is 17.6. The van der Waals surface area contributed by atoms with E-state index in [2.05, 4.69) is 36.1 Å². The summed E-state index contributed by atoms with van der Waals surface area (Å²) in [7, 11) is 0. The largest absolute Gasteiger partial charge is 0.480 e. The van der Waals surface area contributed by atoms with Crippen molar-refractivity contribution in [2.75, 3.05) is 24.5 Å². The van der Waals surface area contributed by atoms with Gasteiger partial charge in [-0.05, 0) is 42.3 Å². The number of rotatable bonds is 6. The number of benzene rings is 3. The molecule has 160 valence electrons. The summed E-state index contributed by atoms with van der Waals surface area (Å²) in [5.74, 6) is -1.06. The molecular formula is C26H27FN2O2. The minimum Gasteiger partial charge on any atom is -0.480 e. The van der Waals surface area contributed by atoms with Crippen LogP contribution in [-0.4, -0.2) is 47.7 Å². The number of carbonyl (C=O) groups is 1. The highest BCUT2D eigenvalue weighted by Crippen LogP contribution is 2.38. The second kappa shape index (κ2) is 9.31. The van der Waals surface area contributed by atoms with Crippen LogP contribution in [0.2, 0.25) is 0 Å². The number of hydrogen-bond acceptors (Lipinski definition) is 3. The van der Waals surface area contributed by atoms with Gasteiger partial charge in [0, 0.05) is 30.7 Å². The lowest BCUT2D eigenvalue weighted by molar-refractivity contribution is -0.139. The highest BCUT2D eigenvalue weighted by atomic mass is 19.1. The number of piperazine rings is 1. The van der Waals surface area contributed by atoms with Gasteiger partial charge in [0.1, 0.15) is 5.82 Å². The van der Waals surface area contributed by atoms with Crippen molar-refractivity contribution in [3.05, 3.63) is 102 Å². The van der Waals surface area contributed by atoms with Crippen LogP contribution >= 0.6 is 0 Å². The Bertz CT molecular complexity index is 955. The first kappa shape index (κ1) is 21.1. The lowest BCUT2D eigenvalue weighted by Gasteiger charge is -2.50. The van der Waals surface area contributed by atoms with E-state index < -0.39 is 5.97 Å². The van der Waals surface area contributed by atoms with E-state index in [4.69, 9.17) is 0 Å². The summed E-state index contributed by atoms with van der Waals surface area (Å²) >= 11 is 0. The van der Waals surface area contributed by atoms with Crippen LogP contribution < -0.4 is 4.90 Å². The molecule has 1 N–H and O–H groups in total. The molecule has 0 aliphatic carbocycles. The Labute approximate surface area is 182 Å². The van der Waals surface area contributed by atoms with Crippen molar-refractivity contribution >= 4 is 11.7 Å². The standard InChI is InChI=1S/C26H27FN2O2/c1-19-26(25(20-8-4-2-5-9-20)21-10-6-3-7-11-21)29(17-16-28(19)18-24(30)31)23-14-12-22(27)13-15-23/h2-15,19,25-26H,16-18H2,1H3,(H,30,31)/t19?,26-/m0/s1. The van der Waals surface area contributed by atoms with Crippen LogP contribution in [-0.2, 0) is 4.79 Å². The third-order valence-electron chi connectivity index (χ3n) is 6.21. The third kappa shape index (κ3) is 4.62. The fourth-order valence-electron chi connectivity index (χ4n) is 4.76. The molecule has 1 fully saturated rings. The smallest absolute Gasteiger partial charge is 0.317 e. The molecule has 1 heterocycles. The Morgan fingerprint density at radius 2 is 1.48 bits per heavy atom. The van der Waals surface area contributed by atoms with Crippen LogP contribution in [0.15, 0.2) is 84.9 Å². The van der Waals surface area contributed by atoms with E-state index in [0.717, 1.165) is 5.69 Å². The first-order valence-corrected chi connectivity index (χ1v) is 10.6. The van der Waals surface area contributed by atoms with E-state index in [1.807, 2.05) is 53.4 Å². The zero-order chi connectivity index (χ0) is 21.8. The minimum absolute atomic E-state index is 0.00518. The third-order valence-corrected chi connectivity index (χ3v) is 6.21. The maximum Gasteiger partial charge on any atom is 0.317 e. The summed E-state index contributed by atoms with van der Waals surface area (Å²) < 4.78 is 13.6. The Morgan fingerprint density at radius 1 is 0.935 bits per heavy atom. The number of hydrogen-bond donors (Lipinski definition) is 1. The molecule has 0 saturated carbocycles. The molecular weight excluding hydrogens is 391 g/mol. The van der Waals surface area contributed by atoms with Crippen LogP contribution in [0.25, 0.3) is 0 Å². The monoisotopic (exact) mass is 418 g/mol. The fraction of sp³-hybridized carbons (Fsp3) is 0.269. The summed E-state index contributed by atoms with van der Waals surface area (Å²) in [5, 5.41) is 9.46. The van der Waals surface area contributed by atoms with E-state index in [0.29, 0.717) is 13.1 Å². The second-order valence-electron chi connectivity index (χ2n) is 8.06. The molecule has 0 amide bonds. The summed E-state index contributed by atoms with van der Waals surface area (Å²) in [5.41, 5.74) is 3.30. The van der Waals surface area contributed by atoms with Gasteiger partial charge in [0.15, 0.2) is 0 Å². The number of anilines is 1. The Hall–Kier alpha value is -3.18. The summed E-state index contributed by atoms with van der Waals surface area (Å²) in [4.78, 5) is 15.9. The number of nitrogens with zero attached hydrogens (tertiary/aromatic N) is 2. The van der Waals surface area contributed by atoms with Gasteiger partial charge in [-0.15, -0.1) is 0 Å². The Balaban J connectivity index is 1.83. The first-order valence-electron chi connectivity index (χ1n) is 10.6. The molecule has 0 aromatic heterocycles. The topological polar surface area (TPSA) is 43.8 Å². The van der Waals surface area contributed by atoms with Crippen molar-refractivity contribution in [2.45, 2.75) is 24.9 Å². The molecule has 4 nitrogen and oxygen atoms in total. The molecule has 5 heteroatoms. The maximum absolute atomic E-state index is 13.6. The van der Waals surface area contributed by atoms with Crippen LogP contribution in [0.3, 0.4) is 0 Å². The molecule has 1 unspecified atom stereocenters. The molecule has 0 bridgehead atoms. The van der Waals surface area contributed by atoms with Gasteiger partial charge in [-0.3, -0.25) is 9.69 Å². The average Bonchev–Trinajstić information content (AvgIpc) is 2.78. The lowest BCUT2D eigenvalue weighted by atomic mass is 9.79. The van der Waals surface area contributed by atoms with Gasteiger partial charge in [-0.2, -0.15) is 0 Å². The molecule has 1 saturated heterocycles. The van der Waals surface area contributed by atoms with Crippen molar-refractivity contribution in [1.82, 2.24) is 4.90 Å². The second-order valence-corrected chi connectivity index (χ2v) is 8.06. The van der Waals surface area contributed by atoms with Crippen molar-refractivity contribution in [3.63, 3.8) is 0 Å². The molecule has 3 aromatic rings. The maximum atomic E-state index is 13.6. The highest BCUT2D eigenvalue weighted by molar-refractivity contribution is 5.69. The van der Waals surface area contributed by atoms with Crippen LogP contribution in [0, 0.1) is 5.82 Å². The molecule has 1 aliphatic rings. The molecule has 0 spiro atoms. The molecule has 0 radical (unpaired) electrons. The van der Waals surface area contributed by atoms with Gasteiger partial charge >= 0.3 is 5.97 Å². The average molecular weight is 419 g/mol. The van der Waals surface area contributed by atoms with Crippen molar-refractivity contribution in [1.29, 1.82) is 0 Å². The van der Waals surface area contributed by atoms with E-state index in [9.17, 15) is 14.3 Å². The summed E-state index contributed by atoms with van der Waals surface area (Å²) in [6.07, 6.45) is 0. The number of aliphatic carboxylic acids is 1. The summed E-state index contributed by atoms with van der Waals surface area (Å²) in [6, 6.07) is 27.2.